The lowest BCUT2D eigenvalue weighted by molar-refractivity contribution is -0.143. The summed E-state index contributed by atoms with van der Waals surface area (Å²) in [5.74, 6) is -0.368. The van der Waals surface area contributed by atoms with E-state index in [1.54, 1.807) is 11.3 Å². The Kier molecular flexibility index (Phi) is 3.52. The van der Waals surface area contributed by atoms with Crippen LogP contribution in [0.5, 0.6) is 0 Å². The molecule has 1 atom stereocenters. The minimum Gasteiger partial charge on any atom is -0.468 e. The zero-order valence-corrected chi connectivity index (χ0v) is 10.4. The largest absolute Gasteiger partial charge is 0.468 e. The van der Waals surface area contributed by atoms with E-state index in [1.807, 2.05) is 32.2 Å². The van der Waals surface area contributed by atoms with Crippen LogP contribution in [0.15, 0.2) is 11.4 Å². The summed E-state index contributed by atoms with van der Waals surface area (Å²) in [4.78, 5) is 12.6. The highest BCUT2D eigenvalue weighted by molar-refractivity contribution is 7.10. The lowest BCUT2D eigenvalue weighted by atomic mass is 9.82. The molecule has 3 nitrogen and oxygen atoms in total. The minimum atomic E-state index is -0.625. The molecule has 0 aromatic carbocycles. The van der Waals surface area contributed by atoms with Gasteiger partial charge in [-0.15, -0.1) is 11.3 Å². The highest BCUT2D eigenvalue weighted by atomic mass is 32.1. The molecule has 0 saturated heterocycles. The standard InChI is InChI=1S/C11H17NO2S/c1-7-5-6-15-9(7)11(2,3)8(12)10(13)14-4/h5-6,8H,12H2,1-4H3. The van der Waals surface area contributed by atoms with Crippen molar-refractivity contribution in [3.8, 4) is 0 Å². The molecular formula is C11H17NO2S. The first-order valence-corrected chi connectivity index (χ1v) is 5.67. The smallest absolute Gasteiger partial charge is 0.323 e. The lowest BCUT2D eigenvalue weighted by Crippen LogP contribution is -2.47. The molecule has 0 radical (unpaired) electrons. The van der Waals surface area contributed by atoms with Crippen LogP contribution in [0.25, 0.3) is 0 Å². The van der Waals surface area contributed by atoms with E-state index in [9.17, 15) is 4.79 Å². The third-order valence-corrected chi connectivity index (χ3v) is 4.04. The molecule has 0 aliphatic carbocycles. The van der Waals surface area contributed by atoms with Crippen LogP contribution in [0.1, 0.15) is 24.3 Å². The van der Waals surface area contributed by atoms with Gasteiger partial charge in [0.15, 0.2) is 0 Å². The molecule has 0 saturated carbocycles. The molecule has 1 heterocycles. The third kappa shape index (κ3) is 2.21. The molecule has 1 rings (SSSR count). The first-order valence-electron chi connectivity index (χ1n) is 4.79. The zero-order valence-electron chi connectivity index (χ0n) is 9.53. The average molecular weight is 227 g/mol. The third-order valence-electron chi connectivity index (χ3n) is 2.68. The van der Waals surface area contributed by atoms with Gasteiger partial charge in [0.25, 0.3) is 0 Å². The number of methoxy groups -OCH3 is 1. The number of ether oxygens (including phenoxy) is 1. The van der Waals surface area contributed by atoms with Gasteiger partial charge in [-0.3, -0.25) is 4.79 Å². The van der Waals surface area contributed by atoms with E-state index in [-0.39, 0.29) is 11.4 Å². The van der Waals surface area contributed by atoms with Gasteiger partial charge in [0, 0.05) is 10.3 Å². The highest BCUT2D eigenvalue weighted by Crippen LogP contribution is 2.33. The van der Waals surface area contributed by atoms with Crippen molar-refractivity contribution in [2.24, 2.45) is 5.73 Å². The number of esters is 1. The van der Waals surface area contributed by atoms with Crippen LogP contribution in [0.2, 0.25) is 0 Å². The van der Waals surface area contributed by atoms with Crippen molar-refractivity contribution in [1.82, 2.24) is 0 Å². The molecule has 0 fully saturated rings. The van der Waals surface area contributed by atoms with Crippen molar-refractivity contribution in [3.05, 3.63) is 21.9 Å². The molecule has 1 aromatic heterocycles. The summed E-state index contributed by atoms with van der Waals surface area (Å²) in [7, 11) is 1.36. The van der Waals surface area contributed by atoms with E-state index in [0.29, 0.717) is 0 Å². The van der Waals surface area contributed by atoms with Crippen LogP contribution >= 0.6 is 11.3 Å². The summed E-state index contributed by atoms with van der Waals surface area (Å²) < 4.78 is 4.68. The molecule has 0 bridgehead atoms. The number of carbonyl (C=O) groups excluding carboxylic acids is 1. The van der Waals surface area contributed by atoms with Gasteiger partial charge in [-0.1, -0.05) is 13.8 Å². The summed E-state index contributed by atoms with van der Waals surface area (Å²) >= 11 is 1.62. The second-order valence-electron chi connectivity index (χ2n) is 4.16. The van der Waals surface area contributed by atoms with Gasteiger partial charge >= 0.3 is 5.97 Å². The zero-order chi connectivity index (χ0) is 11.6. The Bertz CT molecular complexity index is 357. The number of thiophene rings is 1. The fraction of sp³-hybridized carbons (Fsp3) is 0.545. The summed E-state index contributed by atoms with van der Waals surface area (Å²) in [6.45, 7) is 5.96. The predicted octanol–water partition coefficient (Wildman–Crippen LogP) is 1.83. The first kappa shape index (κ1) is 12.2. The molecule has 1 unspecified atom stereocenters. The van der Waals surface area contributed by atoms with Crippen molar-refractivity contribution >= 4 is 17.3 Å². The van der Waals surface area contributed by atoms with Crippen molar-refractivity contribution in [2.75, 3.05) is 7.11 Å². The SMILES string of the molecule is COC(=O)C(N)C(C)(C)c1sccc1C. The van der Waals surface area contributed by atoms with Gasteiger partial charge in [-0.2, -0.15) is 0 Å². The number of hydrogen-bond acceptors (Lipinski definition) is 4. The van der Waals surface area contributed by atoms with Crippen molar-refractivity contribution in [2.45, 2.75) is 32.2 Å². The van der Waals surface area contributed by atoms with Crippen LogP contribution < -0.4 is 5.73 Å². The fourth-order valence-corrected chi connectivity index (χ4v) is 2.69. The maximum atomic E-state index is 11.4. The first-order chi connectivity index (χ1) is 6.91. The molecular weight excluding hydrogens is 210 g/mol. The topological polar surface area (TPSA) is 52.3 Å². The van der Waals surface area contributed by atoms with Crippen LogP contribution in [0.3, 0.4) is 0 Å². The Balaban J connectivity index is 3.02. The van der Waals surface area contributed by atoms with E-state index in [2.05, 4.69) is 4.74 Å². The number of nitrogens with two attached hydrogens (primary N) is 1. The van der Waals surface area contributed by atoms with Gasteiger partial charge in [0.05, 0.1) is 7.11 Å². The average Bonchev–Trinajstić information content (AvgIpc) is 2.62. The highest BCUT2D eigenvalue weighted by Gasteiger charge is 2.36. The molecule has 4 heteroatoms. The van der Waals surface area contributed by atoms with E-state index < -0.39 is 6.04 Å². The molecule has 0 spiro atoms. The Labute approximate surface area is 94.2 Å². The minimum absolute atomic E-state index is 0.368. The van der Waals surface area contributed by atoms with Gasteiger partial charge in [0.2, 0.25) is 0 Å². The van der Waals surface area contributed by atoms with E-state index in [4.69, 9.17) is 5.73 Å². The predicted molar refractivity (Wildman–Crippen MR) is 62.1 cm³/mol. The van der Waals surface area contributed by atoms with E-state index >= 15 is 0 Å². The normalized spacial score (nSPS) is 13.7. The lowest BCUT2D eigenvalue weighted by Gasteiger charge is -2.29. The molecule has 0 aliphatic heterocycles. The summed E-state index contributed by atoms with van der Waals surface area (Å²) in [5, 5.41) is 2.01. The number of carbonyl (C=O) groups is 1. The Morgan fingerprint density at radius 3 is 2.60 bits per heavy atom. The van der Waals surface area contributed by atoms with E-state index in [0.717, 1.165) is 4.88 Å². The van der Waals surface area contributed by atoms with Gasteiger partial charge in [-0.05, 0) is 23.9 Å². The second kappa shape index (κ2) is 4.33. The monoisotopic (exact) mass is 227 g/mol. The number of aryl methyl sites for hydroxylation is 1. The summed E-state index contributed by atoms with van der Waals surface area (Å²) in [5.41, 5.74) is 6.68. The Hall–Kier alpha value is -0.870. The Morgan fingerprint density at radius 1 is 1.60 bits per heavy atom. The van der Waals surface area contributed by atoms with Gasteiger partial charge in [-0.25, -0.2) is 0 Å². The van der Waals surface area contributed by atoms with Crippen LogP contribution in [0.4, 0.5) is 0 Å². The second-order valence-corrected chi connectivity index (χ2v) is 5.07. The van der Waals surface area contributed by atoms with Gasteiger partial charge in [0.1, 0.15) is 6.04 Å². The van der Waals surface area contributed by atoms with Crippen molar-refractivity contribution in [3.63, 3.8) is 0 Å². The molecule has 0 aliphatic rings. The Morgan fingerprint density at radius 2 is 2.20 bits per heavy atom. The molecule has 15 heavy (non-hydrogen) atoms. The summed E-state index contributed by atoms with van der Waals surface area (Å²) in [6.07, 6.45) is 0. The van der Waals surface area contributed by atoms with E-state index in [1.165, 1.54) is 12.7 Å². The number of rotatable bonds is 3. The molecule has 2 N–H and O–H groups in total. The molecule has 84 valence electrons. The quantitative estimate of drug-likeness (QED) is 0.802. The maximum Gasteiger partial charge on any atom is 0.323 e. The van der Waals surface area contributed by atoms with Crippen LogP contribution in [0, 0.1) is 6.92 Å². The van der Waals surface area contributed by atoms with Crippen LogP contribution in [-0.4, -0.2) is 19.1 Å². The fourth-order valence-electron chi connectivity index (χ4n) is 1.60. The number of hydrogen-bond donors (Lipinski definition) is 1. The molecule has 0 amide bonds. The maximum absolute atomic E-state index is 11.4. The molecule has 1 aromatic rings. The summed E-state index contributed by atoms with van der Waals surface area (Å²) in [6, 6.07) is 1.41. The van der Waals surface area contributed by atoms with Crippen LogP contribution in [-0.2, 0) is 14.9 Å². The van der Waals surface area contributed by atoms with Gasteiger partial charge < -0.3 is 10.5 Å². The van der Waals surface area contributed by atoms with Crippen molar-refractivity contribution in [1.29, 1.82) is 0 Å². The van der Waals surface area contributed by atoms with Crippen molar-refractivity contribution < 1.29 is 9.53 Å².